The van der Waals surface area contributed by atoms with E-state index in [4.69, 9.17) is 0 Å². The molecule has 0 aliphatic carbocycles. The van der Waals surface area contributed by atoms with Crippen molar-refractivity contribution in [2.75, 3.05) is 6.54 Å². The maximum Gasteiger partial charge on any atom is 0.240 e. The molecule has 17 heavy (non-hydrogen) atoms. The summed E-state index contributed by atoms with van der Waals surface area (Å²) in [5.41, 5.74) is 2.44. The normalized spacial score (nSPS) is 24.6. The van der Waals surface area contributed by atoms with E-state index in [9.17, 15) is 4.79 Å². The van der Waals surface area contributed by atoms with E-state index in [0.717, 1.165) is 36.4 Å². The number of thiazole rings is 1. The van der Waals surface area contributed by atoms with Crippen molar-refractivity contribution >= 4 is 17.2 Å². The second-order valence-electron chi connectivity index (χ2n) is 4.76. The molecule has 0 bridgehead atoms. The van der Waals surface area contributed by atoms with Gasteiger partial charge in [-0.3, -0.25) is 4.79 Å². The van der Waals surface area contributed by atoms with Crippen LogP contribution in [0.4, 0.5) is 0 Å². The van der Waals surface area contributed by atoms with E-state index in [1.807, 2.05) is 19.4 Å². The maximum atomic E-state index is 12.1. The summed E-state index contributed by atoms with van der Waals surface area (Å²) < 4.78 is 0. The Bertz CT molecular complexity index is 396. The van der Waals surface area contributed by atoms with E-state index < -0.39 is 5.54 Å². The second-order valence-corrected chi connectivity index (χ2v) is 5.70. The zero-order chi connectivity index (χ0) is 12.3. The number of rotatable bonds is 3. The van der Waals surface area contributed by atoms with Gasteiger partial charge in [0.15, 0.2) is 0 Å². The van der Waals surface area contributed by atoms with Gasteiger partial charge in [0.2, 0.25) is 5.91 Å². The van der Waals surface area contributed by atoms with Crippen molar-refractivity contribution < 1.29 is 4.79 Å². The Balaban J connectivity index is 1.91. The van der Waals surface area contributed by atoms with Gasteiger partial charge in [0.05, 0.1) is 23.3 Å². The fourth-order valence-corrected chi connectivity index (χ4v) is 2.82. The average molecular weight is 253 g/mol. The van der Waals surface area contributed by atoms with Gasteiger partial charge in [-0.1, -0.05) is 0 Å². The minimum absolute atomic E-state index is 0.102. The van der Waals surface area contributed by atoms with Crippen LogP contribution in [0, 0.1) is 6.92 Å². The van der Waals surface area contributed by atoms with Crippen molar-refractivity contribution in [2.24, 2.45) is 0 Å². The highest BCUT2D eigenvalue weighted by Crippen LogP contribution is 2.19. The monoisotopic (exact) mass is 253 g/mol. The Hall–Kier alpha value is -0.940. The minimum atomic E-state index is -0.392. The van der Waals surface area contributed by atoms with Crippen molar-refractivity contribution in [1.82, 2.24) is 15.6 Å². The molecule has 1 aromatic heterocycles. The fraction of sp³-hybridized carbons (Fsp3) is 0.667. The summed E-state index contributed by atoms with van der Waals surface area (Å²) in [5, 5.41) is 6.32. The molecular formula is C12H19N3OS. The molecule has 0 spiro atoms. The first-order valence-corrected chi connectivity index (χ1v) is 6.92. The van der Waals surface area contributed by atoms with E-state index >= 15 is 0 Å². The van der Waals surface area contributed by atoms with Gasteiger partial charge >= 0.3 is 0 Å². The lowest BCUT2D eigenvalue weighted by molar-refractivity contribution is -0.128. The molecule has 1 fully saturated rings. The van der Waals surface area contributed by atoms with Crippen LogP contribution in [0.15, 0.2) is 5.51 Å². The third-order valence-corrected chi connectivity index (χ3v) is 4.31. The Morgan fingerprint density at radius 3 is 3.06 bits per heavy atom. The van der Waals surface area contributed by atoms with Gasteiger partial charge in [-0.2, -0.15) is 0 Å². The summed E-state index contributed by atoms with van der Waals surface area (Å²) in [4.78, 5) is 17.4. The van der Waals surface area contributed by atoms with Crippen LogP contribution >= 0.6 is 11.3 Å². The largest absolute Gasteiger partial charge is 0.350 e. The van der Waals surface area contributed by atoms with E-state index in [2.05, 4.69) is 15.6 Å². The molecule has 1 unspecified atom stereocenters. The number of hydrogen-bond acceptors (Lipinski definition) is 4. The van der Waals surface area contributed by atoms with Crippen molar-refractivity contribution in [2.45, 2.75) is 45.2 Å². The molecule has 1 aromatic rings. The molecule has 2 N–H and O–H groups in total. The summed E-state index contributed by atoms with van der Waals surface area (Å²) in [6.07, 6.45) is 3.20. The standard InChI is InChI=1S/C12H19N3OS/c1-9-10(17-8-14-9)7-13-11(16)12(2)5-3-4-6-15-12/h8,15H,3-7H2,1-2H3,(H,13,16). The molecule has 1 atom stereocenters. The lowest BCUT2D eigenvalue weighted by Gasteiger charge is -2.33. The third kappa shape index (κ3) is 2.84. The molecule has 2 rings (SSSR count). The Kier molecular flexibility index (Phi) is 3.79. The van der Waals surface area contributed by atoms with E-state index in [0.29, 0.717) is 6.54 Å². The molecule has 2 heterocycles. The first-order valence-electron chi connectivity index (χ1n) is 6.04. The van der Waals surface area contributed by atoms with Gasteiger partial charge in [0, 0.05) is 4.88 Å². The molecular weight excluding hydrogens is 234 g/mol. The SMILES string of the molecule is Cc1ncsc1CNC(=O)C1(C)CCCCN1. The van der Waals surface area contributed by atoms with Crippen LogP contribution in [-0.4, -0.2) is 23.0 Å². The Morgan fingerprint density at radius 1 is 1.65 bits per heavy atom. The summed E-state index contributed by atoms with van der Waals surface area (Å²) in [6, 6.07) is 0. The quantitative estimate of drug-likeness (QED) is 0.860. The number of piperidine rings is 1. The van der Waals surface area contributed by atoms with E-state index in [1.165, 1.54) is 0 Å². The van der Waals surface area contributed by atoms with Crippen molar-refractivity contribution in [3.63, 3.8) is 0 Å². The number of carbonyl (C=O) groups excluding carboxylic acids is 1. The zero-order valence-corrected chi connectivity index (χ0v) is 11.2. The highest BCUT2D eigenvalue weighted by atomic mass is 32.1. The molecule has 1 saturated heterocycles. The van der Waals surface area contributed by atoms with Crippen LogP contribution in [0.5, 0.6) is 0 Å². The van der Waals surface area contributed by atoms with Crippen LogP contribution in [0.1, 0.15) is 36.8 Å². The number of amides is 1. The molecule has 4 nitrogen and oxygen atoms in total. The van der Waals surface area contributed by atoms with Gasteiger partial charge < -0.3 is 10.6 Å². The highest BCUT2D eigenvalue weighted by Gasteiger charge is 2.33. The summed E-state index contributed by atoms with van der Waals surface area (Å²) in [6.45, 7) is 5.48. The summed E-state index contributed by atoms with van der Waals surface area (Å²) in [5.74, 6) is 0.102. The van der Waals surface area contributed by atoms with Crippen LogP contribution in [0.3, 0.4) is 0 Å². The van der Waals surface area contributed by atoms with Gasteiger partial charge in [0.1, 0.15) is 0 Å². The number of aromatic nitrogens is 1. The van der Waals surface area contributed by atoms with Gasteiger partial charge in [0.25, 0.3) is 0 Å². The van der Waals surface area contributed by atoms with E-state index in [-0.39, 0.29) is 5.91 Å². The smallest absolute Gasteiger partial charge is 0.240 e. The van der Waals surface area contributed by atoms with Crippen LogP contribution in [-0.2, 0) is 11.3 Å². The molecule has 1 aliphatic rings. The molecule has 0 aromatic carbocycles. The minimum Gasteiger partial charge on any atom is -0.350 e. The molecule has 0 saturated carbocycles. The summed E-state index contributed by atoms with van der Waals surface area (Å²) >= 11 is 1.59. The Morgan fingerprint density at radius 2 is 2.47 bits per heavy atom. The number of nitrogens with one attached hydrogen (secondary N) is 2. The summed E-state index contributed by atoms with van der Waals surface area (Å²) in [7, 11) is 0. The molecule has 1 amide bonds. The second kappa shape index (κ2) is 5.14. The Labute approximate surface area is 106 Å². The predicted octanol–water partition coefficient (Wildman–Crippen LogP) is 1.60. The third-order valence-electron chi connectivity index (χ3n) is 3.37. The predicted molar refractivity (Wildman–Crippen MR) is 69.0 cm³/mol. The van der Waals surface area contributed by atoms with Crippen molar-refractivity contribution in [3.05, 3.63) is 16.1 Å². The van der Waals surface area contributed by atoms with E-state index in [1.54, 1.807) is 11.3 Å². The molecule has 94 valence electrons. The fourth-order valence-electron chi connectivity index (χ4n) is 2.10. The number of nitrogens with zero attached hydrogens (tertiary/aromatic N) is 1. The van der Waals surface area contributed by atoms with Gasteiger partial charge in [-0.15, -0.1) is 11.3 Å². The number of aryl methyl sites for hydroxylation is 1. The zero-order valence-electron chi connectivity index (χ0n) is 10.4. The molecule has 5 heteroatoms. The van der Waals surface area contributed by atoms with Crippen LogP contribution in [0.25, 0.3) is 0 Å². The number of carbonyl (C=O) groups is 1. The lowest BCUT2D eigenvalue weighted by Crippen LogP contribution is -2.56. The topological polar surface area (TPSA) is 54.0 Å². The highest BCUT2D eigenvalue weighted by molar-refractivity contribution is 7.09. The maximum absolute atomic E-state index is 12.1. The van der Waals surface area contributed by atoms with Gasteiger partial charge in [-0.25, -0.2) is 4.98 Å². The van der Waals surface area contributed by atoms with Gasteiger partial charge in [-0.05, 0) is 39.7 Å². The molecule has 1 aliphatic heterocycles. The number of hydrogen-bond donors (Lipinski definition) is 2. The van der Waals surface area contributed by atoms with Crippen molar-refractivity contribution in [3.8, 4) is 0 Å². The lowest BCUT2D eigenvalue weighted by atomic mass is 9.90. The molecule has 0 radical (unpaired) electrons. The first kappa shape index (κ1) is 12.5. The average Bonchev–Trinajstić information content (AvgIpc) is 2.73. The van der Waals surface area contributed by atoms with Crippen LogP contribution < -0.4 is 10.6 Å². The first-order chi connectivity index (χ1) is 8.12. The van der Waals surface area contributed by atoms with Crippen LogP contribution in [0.2, 0.25) is 0 Å². The van der Waals surface area contributed by atoms with Crippen molar-refractivity contribution in [1.29, 1.82) is 0 Å².